The number of nitrogens with zero attached hydrogens (tertiary/aromatic N) is 2. The summed E-state index contributed by atoms with van der Waals surface area (Å²) in [5, 5.41) is 10.6. The van der Waals surface area contributed by atoms with Crippen LogP contribution in [0, 0.1) is 6.92 Å². The van der Waals surface area contributed by atoms with Crippen molar-refractivity contribution < 1.29 is 9.26 Å². The Labute approximate surface area is 151 Å². The number of thiocarbonyl (C=S) groups is 1. The Balaban J connectivity index is 1.57. The van der Waals surface area contributed by atoms with Crippen LogP contribution in [0.1, 0.15) is 11.5 Å². The van der Waals surface area contributed by atoms with E-state index in [1.165, 1.54) is 5.56 Å². The van der Waals surface area contributed by atoms with E-state index < -0.39 is 0 Å². The van der Waals surface area contributed by atoms with E-state index in [1.807, 2.05) is 55.5 Å². The summed E-state index contributed by atoms with van der Waals surface area (Å²) in [4.78, 5) is 4.36. The van der Waals surface area contributed by atoms with Gasteiger partial charge in [0.15, 0.2) is 5.11 Å². The first-order valence-electron chi connectivity index (χ1n) is 7.72. The number of rotatable bonds is 5. The average Bonchev–Trinajstić information content (AvgIpc) is 3.11. The largest absolute Gasteiger partial charge is 0.497 e. The minimum absolute atomic E-state index is 0.342. The molecule has 1 heterocycles. The summed E-state index contributed by atoms with van der Waals surface area (Å²) in [6.45, 7) is 2.38. The number of hydrogen-bond acceptors (Lipinski definition) is 5. The van der Waals surface area contributed by atoms with Crippen LogP contribution in [0.25, 0.3) is 11.4 Å². The lowest BCUT2D eigenvalue weighted by molar-refractivity contribution is 0.376. The van der Waals surface area contributed by atoms with Crippen LogP contribution in [-0.2, 0) is 6.54 Å². The molecule has 3 aromatic rings. The first-order chi connectivity index (χ1) is 12.1. The van der Waals surface area contributed by atoms with Gasteiger partial charge in [-0.25, -0.2) is 0 Å². The number of nitrogens with one attached hydrogen (secondary N) is 2. The van der Waals surface area contributed by atoms with Gasteiger partial charge in [-0.15, -0.1) is 0 Å². The minimum Gasteiger partial charge on any atom is -0.497 e. The summed E-state index contributed by atoms with van der Waals surface area (Å²) in [6, 6.07) is 15.5. The van der Waals surface area contributed by atoms with E-state index in [2.05, 4.69) is 20.8 Å². The van der Waals surface area contributed by atoms with E-state index >= 15 is 0 Å². The molecular weight excluding hydrogens is 336 g/mol. The predicted molar refractivity (Wildman–Crippen MR) is 101 cm³/mol. The standard InChI is InChI=1S/C18H18N4O2S/c1-12-6-8-14(9-7-12)20-18(25)19-11-16-21-17(22-24-16)13-4-3-5-15(10-13)23-2/h3-10H,11H2,1-2H3,(H2,19,20,25). The maximum Gasteiger partial charge on any atom is 0.246 e. The summed E-state index contributed by atoms with van der Waals surface area (Å²) in [7, 11) is 1.62. The van der Waals surface area contributed by atoms with Gasteiger partial charge in [-0.3, -0.25) is 0 Å². The summed E-state index contributed by atoms with van der Waals surface area (Å²) in [5.41, 5.74) is 2.95. The Morgan fingerprint density at radius 2 is 2.00 bits per heavy atom. The van der Waals surface area contributed by atoms with Gasteiger partial charge in [-0.2, -0.15) is 4.98 Å². The quantitative estimate of drug-likeness (QED) is 0.679. The van der Waals surface area contributed by atoms with Gasteiger partial charge in [0.1, 0.15) is 5.75 Å². The molecule has 0 aliphatic heterocycles. The SMILES string of the molecule is COc1cccc(-c2noc(CNC(=S)Nc3ccc(C)cc3)n2)c1. The van der Waals surface area contributed by atoms with Crippen LogP contribution in [0.4, 0.5) is 5.69 Å². The number of anilines is 1. The molecule has 0 atom stereocenters. The van der Waals surface area contributed by atoms with Gasteiger partial charge in [0.2, 0.25) is 11.7 Å². The molecule has 128 valence electrons. The van der Waals surface area contributed by atoms with Crippen molar-refractivity contribution in [2.24, 2.45) is 0 Å². The molecule has 0 bridgehead atoms. The monoisotopic (exact) mass is 354 g/mol. The fourth-order valence-corrected chi connectivity index (χ4v) is 2.36. The lowest BCUT2D eigenvalue weighted by Crippen LogP contribution is -2.27. The number of methoxy groups -OCH3 is 1. The maximum absolute atomic E-state index is 5.27. The fraction of sp³-hybridized carbons (Fsp3) is 0.167. The third-order valence-electron chi connectivity index (χ3n) is 3.51. The van der Waals surface area contributed by atoms with E-state index in [-0.39, 0.29) is 0 Å². The Hall–Kier alpha value is -2.93. The molecule has 7 heteroatoms. The molecule has 0 amide bonds. The van der Waals surface area contributed by atoms with Gasteiger partial charge in [0.25, 0.3) is 0 Å². The second kappa shape index (κ2) is 7.76. The van der Waals surface area contributed by atoms with Crippen molar-refractivity contribution in [3.8, 4) is 17.1 Å². The summed E-state index contributed by atoms with van der Waals surface area (Å²) < 4.78 is 10.5. The summed E-state index contributed by atoms with van der Waals surface area (Å²) in [6.07, 6.45) is 0. The second-order valence-electron chi connectivity index (χ2n) is 5.42. The molecule has 0 aliphatic carbocycles. The highest BCUT2D eigenvalue weighted by molar-refractivity contribution is 7.80. The lowest BCUT2D eigenvalue weighted by Gasteiger charge is -2.08. The normalized spacial score (nSPS) is 10.3. The Morgan fingerprint density at radius 1 is 1.20 bits per heavy atom. The Morgan fingerprint density at radius 3 is 2.76 bits per heavy atom. The van der Waals surface area contributed by atoms with E-state index in [0.717, 1.165) is 17.0 Å². The van der Waals surface area contributed by atoms with E-state index in [9.17, 15) is 0 Å². The molecule has 6 nitrogen and oxygen atoms in total. The van der Waals surface area contributed by atoms with E-state index in [4.69, 9.17) is 21.5 Å². The van der Waals surface area contributed by atoms with Crippen molar-refractivity contribution in [1.29, 1.82) is 0 Å². The summed E-state index contributed by atoms with van der Waals surface area (Å²) in [5.74, 6) is 1.70. The van der Waals surface area contributed by atoms with Crippen LogP contribution in [0.3, 0.4) is 0 Å². The molecule has 2 N–H and O–H groups in total. The van der Waals surface area contributed by atoms with E-state index in [1.54, 1.807) is 7.11 Å². The smallest absolute Gasteiger partial charge is 0.246 e. The number of benzene rings is 2. The molecule has 1 aromatic heterocycles. The second-order valence-corrected chi connectivity index (χ2v) is 5.83. The molecule has 0 saturated carbocycles. The molecule has 25 heavy (non-hydrogen) atoms. The van der Waals surface area contributed by atoms with Crippen LogP contribution in [-0.4, -0.2) is 22.4 Å². The van der Waals surface area contributed by atoms with Gasteiger partial charge < -0.3 is 19.9 Å². The number of aromatic nitrogens is 2. The highest BCUT2D eigenvalue weighted by Crippen LogP contribution is 2.21. The van der Waals surface area contributed by atoms with Crippen molar-refractivity contribution in [3.63, 3.8) is 0 Å². The zero-order chi connectivity index (χ0) is 17.6. The van der Waals surface area contributed by atoms with Crippen LogP contribution >= 0.6 is 12.2 Å². The number of hydrogen-bond donors (Lipinski definition) is 2. The van der Waals surface area contributed by atoms with Crippen LogP contribution in [0.5, 0.6) is 5.75 Å². The molecular formula is C18H18N4O2S. The molecule has 0 saturated heterocycles. The van der Waals surface area contributed by atoms with Crippen LogP contribution in [0.15, 0.2) is 53.1 Å². The number of ether oxygens (including phenoxy) is 1. The van der Waals surface area contributed by atoms with Crippen molar-refractivity contribution in [1.82, 2.24) is 15.5 Å². The zero-order valence-electron chi connectivity index (χ0n) is 13.9. The third-order valence-corrected chi connectivity index (χ3v) is 3.75. The predicted octanol–water partition coefficient (Wildman–Crippen LogP) is 3.54. The Bertz CT molecular complexity index is 862. The molecule has 0 spiro atoms. The van der Waals surface area contributed by atoms with Gasteiger partial charge in [0.05, 0.1) is 13.7 Å². The highest BCUT2D eigenvalue weighted by atomic mass is 32.1. The first kappa shape index (κ1) is 16.9. The zero-order valence-corrected chi connectivity index (χ0v) is 14.8. The van der Waals surface area contributed by atoms with Crippen molar-refractivity contribution >= 4 is 23.0 Å². The van der Waals surface area contributed by atoms with Gasteiger partial charge >= 0.3 is 0 Å². The topological polar surface area (TPSA) is 72.2 Å². The summed E-state index contributed by atoms with van der Waals surface area (Å²) >= 11 is 5.27. The molecule has 0 aliphatic rings. The average molecular weight is 354 g/mol. The molecule has 3 rings (SSSR count). The molecule has 0 unspecified atom stereocenters. The van der Waals surface area contributed by atoms with Crippen molar-refractivity contribution in [2.45, 2.75) is 13.5 Å². The lowest BCUT2D eigenvalue weighted by atomic mass is 10.2. The Kier molecular flexibility index (Phi) is 5.25. The van der Waals surface area contributed by atoms with Crippen molar-refractivity contribution in [3.05, 3.63) is 60.0 Å². The van der Waals surface area contributed by atoms with Gasteiger partial charge in [-0.05, 0) is 43.4 Å². The number of aryl methyl sites for hydroxylation is 1. The van der Waals surface area contributed by atoms with E-state index in [0.29, 0.717) is 23.4 Å². The molecule has 0 radical (unpaired) electrons. The van der Waals surface area contributed by atoms with Crippen LogP contribution < -0.4 is 15.4 Å². The molecule has 2 aromatic carbocycles. The molecule has 0 fully saturated rings. The van der Waals surface area contributed by atoms with Crippen LogP contribution in [0.2, 0.25) is 0 Å². The maximum atomic E-state index is 5.27. The van der Waals surface area contributed by atoms with Crippen molar-refractivity contribution in [2.75, 3.05) is 12.4 Å². The fourth-order valence-electron chi connectivity index (χ4n) is 2.17. The van der Waals surface area contributed by atoms with Gasteiger partial charge in [0, 0.05) is 11.3 Å². The van der Waals surface area contributed by atoms with Gasteiger partial charge in [-0.1, -0.05) is 35.0 Å². The minimum atomic E-state index is 0.342. The third kappa shape index (κ3) is 4.54. The first-order valence-corrected chi connectivity index (χ1v) is 8.13. The highest BCUT2D eigenvalue weighted by Gasteiger charge is 2.09.